The molecule has 2 unspecified atom stereocenters. The number of piperidine rings is 1. The summed E-state index contributed by atoms with van der Waals surface area (Å²) >= 11 is 0. The number of carbonyl (C=O) groups is 1. The lowest BCUT2D eigenvalue weighted by Gasteiger charge is -2.34. The molecule has 48 heavy (non-hydrogen) atoms. The van der Waals surface area contributed by atoms with Crippen LogP contribution < -0.4 is 10.6 Å². The first-order chi connectivity index (χ1) is 23.2. The molecule has 6 rings (SSSR count). The van der Waals surface area contributed by atoms with Crippen LogP contribution in [0.15, 0.2) is 108 Å². The minimum Gasteiger partial charge on any atom is -0.362 e. The molecule has 3 aromatic rings. The Kier molecular flexibility index (Phi) is 10.2. The molecule has 3 aliphatic rings. The van der Waals surface area contributed by atoms with Gasteiger partial charge in [-0.15, -0.1) is 5.73 Å². The van der Waals surface area contributed by atoms with Crippen molar-refractivity contribution in [3.05, 3.63) is 131 Å². The smallest absolute Gasteiger partial charge is 0.362 e. The molecule has 1 aliphatic heterocycles. The SMILES string of the molecule is COC(NC1CCN(CC/C=C\C2(C(=O)NCC(F)(F)F)C3=C(CC=C=C3)c3ccccc32)CC1)c1cc(C)ccc1-c1ccccc1. The molecule has 1 amide bonds. The maximum absolute atomic E-state index is 13.7. The van der Waals surface area contributed by atoms with Gasteiger partial charge in [-0.2, -0.15) is 13.2 Å². The van der Waals surface area contributed by atoms with E-state index in [1.54, 1.807) is 13.2 Å². The number of hydrogen-bond acceptors (Lipinski definition) is 4. The number of methoxy groups -OCH3 is 1. The van der Waals surface area contributed by atoms with Crippen molar-refractivity contribution >= 4 is 11.5 Å². The molecule has 2 N–H and O–H groups in total. The summed E-state index contributed by atoms with van der Waals surface area (Å²) in [6.07, 6.45) is 5.83. The van der Waals surface area contributed by atoms with E-state index in [1.165, 1.54) is 5.56 Å². The Hall–Kier alpha value is -4.20. The van der Waals surface area contributed by atoms with Crippen LogP contribution >= 0.6 is 0 Å². The molecule has 2 atom stereocenters. The van der Waals surface area contributed by atoms with E-state index in [0.717, 1.165) is 60.3 Å². The summed E-state index contributed by atoms with van der Waals surface area (Å²) in [6.45, 7) is 3.32. The topological polar surface area (TPSA) is 53.6 Å². The van der Waals surface area contributed by atoms with Crippen molar-refractivity contribution in [2.75, 3.05) is 33.3 Å². The van der Waals surface area contributed by atoms with Crippen LogP contribution in [0.4, 0.5) is 13.2 Å². The number of carbonyl (C=O) groups excluding carboxylic acids is 1. The fourth-order valence-electron chi connectivity index (χ4n) is 7.28. The van der Waals surface area contributed by atoms with Crippen LogP contribution in [0.1, 0.15) is 54.2 Å². The third-order valence-corrected chi connectivity index (χ3v) is 9.65. The fraction of sp³-hybridized carbons (Fsp3) is 0.350. The summed E-state index contributed by atoms with van der Waals surface area (Å²) in [5.74, 6) is -0.669. The molecule has 8 heteroatoms. The number of alkyl halides is 3. The van der Waals surface area contributed by atoms with E-state index in [2.05, 4.69) is 58.5 Å². The molecule has 0 spiro atoms. The van der Waals surface area contributed by atoms with E-state index in [4.69, 9.17) is 4.74 Å². The molecule has 0 radical (unpaired) electrons. The van der Waals surface area contributed by atoms with Gasteiger partial charge >= 0.3 is 6.18 Å². The molecule has 3 aromatic carbocycles. The van der Waals surface area contributed by atoms with Gasteiger partial charge in [-0.25, -0.2) is 0 Å². The highest BCUT2D eigenvalue weighted by molar-refractivity contribution is 6.03. The summed E-state index contributed by atoms with van der Waals surface area (Å²) in [5.41, 5.74) is 9.65. The Morgan fingerprint density at radius 3 is 2.56 bits per heavy atom. The number of amides is 1. The van der Waals surface area contributed by atoms with Crippen LogP contribution in [0.3, 0.4) is 0 Å². The number of ether oxygens (including phenoxy) is 1. The maximum atomic E-state index is 13.7. The third kappa shape index (κ3) is 7.13. The second kappa shape index (κ2) is 14.5. The first-order valence-corrected chi connectivity index (χ1v) is 16.6. The Labute approximate surface area is 280 Å². The van der Waals surface area contributed by atoms with Crippen LogP contribution in [-0.2, 0) is 14.9 Å². The molecule has 5 nitrogen and oxygen atoms in total. The van der Waals surface area contributed by atoms with Crippen LogP contribution in [0.25, 0.3) is 16.7 Å². The lowest BCUT2D eigenvalue weighted by molar-refractivity contribution is -0.140. The summed E-state index contributed by atoms with van der Waals surface area (Å²) in [4.78, 5) is 16.1. The van der Waals surface area contributed by atoms with Gasteiger partial charge in [0.15, 0.2) is 0 Å². The second-order valence-electron chi connectivity index (χ2n) is 12.8. The van der Waals surface area contributed by atoms with Crippen molar-refractivity contribution in [1.29, 1.82) is 0 Å². The van der Waals surface area contributed by atoms with Gasteiger partial charge in [0.1, 0.15) is 18.2 Å². The quantitative estimate of drug-likeness (QED) is 0.126. The molecule has 1 saturated heterocycles. The molecule has 1 heterocycles. The van der Waals surface area contributed by atoms with E-state index >= 15 is 0 Å². The van der Waals surface area contributed by atoms with E-state index in [-0.39, 0.29) is 12.3 Å². The van der Waals surface area contributed by atoms with Gasteiger partial charge in [0.05, 0.1) is 0 Å². The van der Waals surface area contributed by atoms with Crippen molar-refractivity contribution in [3.63, 3.8) is 0 Å². The normalized spacial score (nSPS) is 20.3. The Morgan fingerprint density at radius 2 is 1.81 bits per heavy atom. The van der Waals surface area contributed by atoms with E-state index < -0.39 is 24.0 Å². The van der Waals surface area contributed by atoms with Crippen LogP contribution in [0.5, 0.6) is 0 Å². The predicted molar refractivity (Wildman–Crippen MR) is 184 cm³/mol. The number of fused-ring (bicyclic) bond motifs is 2. The highest BCUT2D eigenvalue weighted by Gasteiger charge is 2.49. The first-order valence-electron chi connectivity index (χ1n) is 16.6. The van der Waals surface area contributed by atoms with Crippen molar-refractivity contribution in [2.24, 2.45) is 0 Å². The number of nitrogens with zero attached hydrogens (tertiary/aromatic N) is 1. The molecule has 0 aromatic heterocycles. The number of allylic oxidation sites excluding steroid dienone is 2. The Bertz CT molecular complexity index is 1750. The Morgan fingerprint density at radius 1 is 1.06 bits per heavy atom. The van der Waals surface area contributed by atoms with Gasteiger partial charge in [-0.3, -0.25) is 10.1 Å². The minimum absolute atomic E-state index is 0.239. The molecular weight excluding hydrogens is 611 g/mol. The Balaban J connectivity index is 1.11. The number of benzene rings is 3. The third-order valence-electron chi connectivity index (χ3n) is 9.65. The van der Waals surface area contributed by atoms with E-state index in [1.807, 2.05) is 60.7 Å². The second-order valence-corrected chi connectivity index (χ2v) is 12.8. The number of aryl methyl sites for hydroxylation is 1. The monoisotopic (exact) mass is 653 g/mol. The molecule has 250 valence electrons. The van der Waals surface area contributed by atoms with Gasteiger partial charge in [-0.1, -0.05) is 90.5 Å². The average Bonchev–Trinajstić information content (AvgIpc) is 3.39. The van der Waals surface area contributed by atoms with Gasteiger partial charge in [0.25, 0.3) is 0 Å². The highest BCUT2D eigenvalue weighted by atomic mass is 19.4. The van der Waals surface area contributed by atoms with Crippen LogP contribution in [-0.4, -0.2) is 56.3 Å². The van der Waals surface area contributed by atoms with Gasteiger partial charge < -0.3 is 15.0 Å². The zero-order valence-corrected chi connectivity index (χ0v) is 27.4. The molecular formula is C40H42F3N3O2. The lowest BCUT2D eigenvalue weighted by Crippen LogP contribution is -2.46. The molecule has 2 aliphatic carbocycles. The number of likely N-dealkylation sites (tertiary alicyclic amines) is 1. The van der Waals surface area contributed by atoms with Crippen LogP contribution in [0.2, 0.25) is 0 Å². The summed E-state index contributed by atoms with van der Waals surface area (Å²) in [6, 6.07) is 24.7. The number of halogens is 3. The number of rotatable bonds is 11. The zero-order chi connectivity index (χ0) is 33.7. The molecule has 0 saturated carbocycles. The summed E-state index contributed by atoms with van der Waals surface area (Å²) in [7, 11) is 1.74. The number of hydrogen-bond donors (Lipinski definition) is 2. The fourth-order valence-corrected chi connectivity index (χ4v) is 7.28. The minimum atomic E-state index is -4.51. The predicted octanol–water partition coefficient (Wildman–Crippen LogP) is 7.81. The largest absolute Gasteiger partial charge is 0.405 e. The van der Waals surface area contributed by atoms with Gasteiger partial charge in [-0.05, 0) is 91.2 Å². The first kappa shape index (κ1) is 33.7. The van der Waals surface area contributed by atoms with Gasteiger partial charge in [0.2, 0.25) is 5.91 Å². The van der Waals surface area contributed by atoms with Crippen molar-refractivity contribution in [3.8, 4) is 11.1 Å². The molecule has 0 bridgehead atoms. The van der Waals surface area contributed by atoms with Crippen molar-refractivity contribution in [2.45, 2.75) is 56.5 Å². The summed E-state index contributed by atoms with van der Waals surface area (Å²) < 4.78 is 45.6. The van der Waals surface area contributed by atoms with Crippen molar-refractivity contribution < 1.29 is 22.7 Å². The van der Waals surface area contributed by atoms with Crippen LogP contribution in [0, 0.1) is 6.92 Å². The zero-order valence-electron chi connectivity index (χ0n) is 27.4. The highest BCUT2D eigenvalue weighted by Crippen LogP contribution is 2.50. The lowest BCUT2D eigenvalue weighted by atomic mass is 9.75. The summed E-state index contributed by atoms with van der Waals surface area (Å²) in [5, 5.41) is 5.94. The van der Waals surface area contributed by atoms with E-state index in [9.17, 15) is 18.0 Å². The van der Waals surface area contributed by atoms with Gasteiger partial charge in [0, 0.05) is 25.3 Å². The number of nitrogens with one attached hydrogen (secondary N) is 2. The van der Waals surface area contributed by atoms with E-state index in [0.29, 0.717) is 24.0 Å². The molecule has 1 fully saturated rings. The maximum Gasteiger partial charge on any atom is 0.405 e. The standard InChI is InChI=1S/C40H42F3N3O2/c1-28-18-19-31(29-12-4-3-5-13-29)34(26-28)37(48-2)45-30-20-24-46(25-21-30)23-11-10-22-39(38(47)44-27-40(41,42)43)35-16-8-6-14-32(35)33-15-7-9-17-36(33)39/h3-8,10,12-14,16-19,22,26,30,37,45H,11,15,20-21,23-25,27H2,1-2H3,(H,44,47)/b22-10-. The van der Waals surface area contributed by atoms with Crippen molar-refractivity contribution in [1.82, 2.24) is 15.5 Å². The average molecular weight is 654 g/mol.